The summed E-state index contributed by atoms with van der Waals surface area (Å²) >= 11 is 0. The van der Waals surface area contributed by atoms with E-state index in [1.54, 1.807) is 18.8 Å². The molecular weight excluding hydrogens is 517 g/mol. The normalized spacial score (nSPS) is 14.7. The maximum atomic E-state index is 9.54. The number of benzene rings is 1. The van der Waals surface area contributed by atoms with Crippen molar-refractivity contribution >= 4 is 35.8 Å². The lowest BCUT2D eigenvalue weighted by molar-refractivity contribution is 0.0732. The van der Waals surface area contributed by atoms with Crippen LogP contribution < -0.4 is 16.4 Å². The third-order valence-electron chi connectivity index (χ3n) is 6.09. The predicted molar refractivity (Wildman–Crippen MR) is 139 cm³/mol. The molecule has 0 amide bonds. The van der Waals surface area contributed by atoms with Gasteiger partial charge in [-0.25, -0.2) is 4.68 Å². The van der Waals surface area contributed by atoms with Gasteiger partial charge in [0.05, 0.1) is 11.4 Å². The van der Waals surface area contributed by atoms with Crippen LogP contribution in [-0.4, -0.2) is 49.6 Å². The number of nitrogens with two attached hydrogens (primary N) is 1. The van der Waals surface area contributed by atoms with E-state index in [9.17, 15) is 5.26 Å². The predicted octanol–water partition coefficient (Wildman–Crippen LogP) is 3.25. The molecule has 8 nitrogen and oxygen atoms in total. The molecule has 1 aliphatic rings. The van der Waals surface area contributed by atoms with Crippen molar-refractivity contribution in [2.75, 3.05) is 39.6 Å². The van der Waals surface area contributed by atoms with Crippen LogP contribution in [0.5, 0.6) is 0 Å². The second-order valence-electron chi connectivity index (χ2n) is 8.12. The summed E-state index contributed by atoms with van der Waals surface area (Å²) in [5.74, 6) is 1.19. The molecule has 1 aliphatic carbocycles. The summed E-state index contributed by atoms with van der Waals surface area (Å²) in [6.45, 7) is 2.44. The number of nitrogen functional groups attached to an aromatic ring is 1. The highest BCUT2D eigenvalue weighted by molar-refractivity contribution is 14.0. The summed E-state index contributed by atoms with van der Waals surface area (Å²) in [6.07, 6.45) is 6.32. The van der Waals surface area contributed by atoms with Gasteiger partial charge in [0.1, 0.15) is 17.5 Å². The Bertz CT molecular complexity index is 916. The lowest BCUT2D eigenvalue weighted by Crippen LogP contribution is -2.47. The van der Waals surface area contributed by atoms with E-state index in [1.165, 1.54) is 19.3 Å². The number of hydrogen-bond donors (Lipinski definition) is 3. The minimum Gasteiger partial charge on any atom is -0.385 e. The number of rotatable bonds is 10. The summed E-state index contributed by atoms with van der Waals surface area (Å²) < 4.78 is 6.91. The molecule has 0 aliphatic heterocycles. The number of nitrogens with one attached hydrogen (secondary N) is 2. The van der Waals surface area contributed by atoms with Crippen LogP contribution in [0.1, 0.15) is 43.4 Å². The van der Waals surface area contributed by atoms with Crippen molar-refractivity contribution < 1.29 is 4.74 Å². The Hall–Kier alpha value is -2.32. The van der Waals surface area contributed by atoms with Crippen molar-refractivity contribution in [1.29, 1.82) is 5.26 Å². The van der Waals surface area contributed by atoms with Gasteiger partial charge in [-0.1, -0.05) is 24.6 Å². The zero-order chi connectivity index (χ0) is 22.1. The maximum absolute atomic E-state index is 9.54. The third-order valence-corrected chi connectivity index (χ3v) is 6.09. The number of guanidine groups is 1. The molecule has 3 rings (SSSR count). The molecule has 0 spiro atoms. The van der Waals surface area contributed by atoms with Gasteiger partial charge in [0.15, 0.2) is 5.96 Å². The number of aromatic nitrogens is 2. The quantitative estimate of drug-likeness (QED) is 0.181. The van der Waals surface area contributed by atoms with Gasteiger partial charge in [0, 0.05) is 33.9 Å². The van der Waals surface area contributed by atoms with Gasteiger partial charge in [0.25, 0.3) is 0 Å². The molecule has 0 saturated heterocycles. The maximum Gasteiger partial charge on any atom is 0.190 e. The van der Waals surface area contributed by atoms with E-state index >= 15 is 0 Å². The summed E-state index contributed by atoms with van der Waals surface area (Å²) in [7, 11) is 3.54. The first-order valence-corrected chi connectivity index (χ1v) is 10.9. The Morgan fingerprint density at radius 2 is 2.06 bits per heavy atom. The van der Waals surface area contributed by atoms with Crippen molar-refractivity contribution in [3.05, 3.63) is 41.6 Å². The molecule has 32 heavy (non-hydrogen) atoms. The van der Waals surface area contributed by atoms with E-state index < -0.39 is 0 Å². The van der Waals surface area contributed by atoms with Gasteiger partial charge in [-0.3, -0.25) is 4.99 Å². The summed E-state index contributed by atoms with van der Waals surface area (Å²) in [4.78, 5) is 4.34. The Kier molecular flexibility index (Phi) is 10.3. The topological polar surface area (TPSA) is 113 Å². The second-order valence-corrected chi connectivity index (χ2v) is 8.12. The van der Waals surface area contributed by atoms with Gasteiger partial charge in [0.2, 0.25) is 0 Å². The van der Waals surface area contributed by atoms with Crippen molar-refractivity contribution in [2.24, 2.45) is 10.4 Å². The van der Waals surface area contributed by atoms with E-state index in [0.717, 1.165) is 49.9 Å². The number of aliphatic imine (C=N–C) groups is 1. The van der Waals surface area contributed by atoms with Crippen LogP contribution in [0, 0.1) is 16.7 Å². The fourth-order valence-corrected chi connectivity index (χ4v) is 4.01. The minimum atomic E-state index is 0. The molecule has 9 heteroatoms. The largest absolute Gasteiger partial charge is 0.385 e. The number of hydrogen-bond acceptors (Lipinski definition) is 5. The number of anilines is 1. The van der Waals surface area contributed by atoms with Crippen LogP contribution in [0.4, 0.5) is 5.82 Å². The summed E-state index contributed by atoms with van der Waals surface area (Å²) in [6, 6.07) is 11.8. The highest BCUT2D eigenvalue weighted by atomic mass is 127. The fraction of sp³-hybridized carbons (Fsp3) is 0.522. The van der Waals surface area contributed by atoms with Crippen LogP contribution in [-0.2, 0) is 11.2 Å². The molecular formula is C23H34IN7O. The standard InChI is InChI=1S/C23H33N7O.HI/c1-26-22(28-17-23(11-7-12-23)13-15-31-2)27-14-6-10-20-19(16-24)21(25)30(29-20)18-8-4-3-5-9-18;/h3-5,8-9H,6-7,10-15,17,25H2,1-2H3,(H2,26,27,28);1H. The van der Waals surface area contributed by atoms with Crippen molar-refractivity contribution in [2.45, 2.75) is 38.5 Å². The smallest absolute Gasteiger partial charge is 0.190 e. The molecule has 0 unspecified atom stereocenters. The number of nitriles is 1. The number of ether oxygens (including phenoxy) is 1. The van der Waals surface area contributed by atoms with Crippen LogP contribution in [0.15, 0.2) is 35.3 Å². The molecule has 4 N–H and O–H groups in total. The third kappa shape index (κ3) is 6.36. The van der Waals surface area contributed by atoms with E-state index in [4.69, 9.17) is 10.5 Å². The van der Waals surface area contributed by atoms with Crippen LogP contribution in [0.3, 0.4) is 0 Å². The van der Waals surface area contributed by atoms with Gasteiger partial charge < -0.3 is 21.1 Å². The summed E-state index contributed by atoms with van der Waals surface area (Å²) in [5, 5.41) is 21.0. The van der Waals surface area contributed by atoms with E-state index in [0.29, 0.717) is 23.2 Å². The molecule has 1 fully saturated rings. The van der Waals surface area contributed by atoms with Crippen LogP contribution >= 0.6 is 24.0 Å². The van der Waals surface area contributed by atoms with Gasteiger partial charge in [-0.15, -0.1) is 24.0 Å². The lowest BCUT2D eigenvalue weighted by Gasteiger charge is -2.42. The lowest BCUT2D eigenvalue weighted by atomic mass is 9.67. The van der Waals surface area contributed by atoms with Gasteiger partial charge in [-0.05, 0) is 49.7 Å². The summed E-state index contributed by atoms with van der Waals surface area (Å²) in [5.41, 5.74) is 8.54. The van der Waals surface area contributed by atoms with E-state index in [-0.39, 0.29) is 24.0 Å². The van der Waals surface area contributed by atoms with Crippen LogP contribution in [0.25, 0.3) is 5.69 Å². The highest BCUT2D eigenvalue weighted by Gasteiger charge is 2.36. The van der Waals surface area contributed by atoms with Gasteiger partial charge in [-0.2, -0.15) is 10.4 Å². The number of para-hydroxylation sites is 1. The molecule has 1 aromatic heterocycles. The van der Waals surface area contributed by atoms with E-state index in [1.807, 2.05) is 30.3 Å². The molecule has 0 bridgehead atoms. The fourth-order valence-electron chi connectivity index (χ4n) is 4.01. The second kappa shape index (κ2) is 12.6. The Balaban J connectivity index is 0.00000363. The molecule has 0 radical (unpaired) electrons. The highest BCUT2D eigenvalue weighted by Crippen LogP contribution is 2.43. The number of nitrogens with zero attached hydrogens (tertiary/aromatic N) is 4. The molecule has 1 heterocycles. The molecule has 0 atom stereocenters. The van der Waals surface area contributed by atoms with E-state index in [2.05, 4.69) is 26.8 Å². The first-order chi connectivity index (χ1) is 15.1. The zero-order valence-corrected chi connectivity index (χ0v) is 21.3. The first-order valence-electron chi connectivity index (χ1n) is 10.9. The minimum absolute atomic E-state index is 0. The number of methoxy groups -OCH3 is 1. The number of aryl methyl sites for hydroxylation is 1. The van der Waals surface area contributed by atoms with Gasteiger partial charge >= 0.3 is 0 Å². The average Bonchev–Trinajstić information content (AvgIpc) is 3.09. The Morgan fingerprint density at radius 3 is 2.66 bits per heavy atom. The monoisotopic (exact) mass is 551 g/mol. The molecule has 2 aromatic rings. The molecule has 1 saturated carbocycles. The Morgan fingerprint density at radius 1 is 1.31 bits per heavy atom. The molecule has 174 valence electrons. The Labute approximate surface area is 207 Å². The van der Waals surface area contributed by atoms with Crippen molar-refractivity contribution in [3.8, 4) is 11.8 Å². The number of halogens is 1. The average molecular weight is 551 g/mol. The first kappa shape index (κ1) is 25.9. The van der Waals surface area contributed by atoms with Crippen LogP contribution in [0.2, 0.25) is 0 Å². The zero-order valence-electron chi connectivity index (χ0n) is 18.9. The van der Waals surface area contributed by atoms with Crippen molar-refractivity contribution in [3.63, 3.8) is 0 Å². The molecule has 1 aromatic carbocycles. The van der Waals surface area contributed by atoms with Crippen molar-refractivity contribution in [1.82, 2.24) is 20.4 Å². The SMILES string of the molecule is CN=C(NCCCc1nn(-c2ccccc2)c(N)c1C#N)NCC1(CCOC)CCC1.I.